The van der Waals surface area contributed by atoms with Crippen molar-refractivity contribution in [3.8, 4) is 0 Å². The summed E-state index contributed by atoms with van der Waals surface area (Å²) in [4.78, 5) is 52.6. The number of rotatable bonds is 4. The van der Waals surface area contributed by atoms with Gasteiger partial charge in [-0.25, -0.2) is 4.98 Å². The van der Waals surface area contributed by atoms with E-state index in [0.717, 1.165) is 63.7 Å². The number of aromatic nitrogens is 2. The fourth-order valence-corrected chi connectivity index (χ4v) is 5.48. The lowest BCUT2D eigenvalue weighted by Crippen LogP contribution is -2.46. The topological polar surface area (TPSA) is 89.6 Å². The van der Waals surface area contributed by atoms with E-state index < -0.39 is 0 Å². The number of likely N-dealkylation sites (tertiary alicyclic amines) is 2. The van der Waals surface area contributed by atoms with Crippen molar-refractivity contribution in [1.29, 1.82) is 0 Å². The number of nitrogens with zero attached hydrogens (tertiary/aromatic N) is 4. The van der Waals surface area contributed by atoms with Gasteiger partial charge < -0.3 is 14.8 Å². The number of H-pyrrole nitrogens is 1. The van der Waals surface area contributed by atoms with Crippen molar-refractivity contribution >= 4 is 11.8 Å². The van der Waals surface area contributed by atoms with Crippen LogP contribution in [0.4, 0.5) is 0 Å². The summed E-state index contributed by atoms with van der Waals surface area (Å²) in [6, 6.07) is -0.185. The summed E-state index contributed by atoms with van der Waals surface area (Å²) in [6.45, 7) is 4.15. The third-order valence-corrected chi connectivity index (χ3v) is 7.53. The van der Waals surface area contributed by atoms with E-state index in [4.69, 9.17) is 4.98 Å². The molecule has 32 heavy (non-hydrogen) atoms. The van der Waals surface area contributed by atoms with Crippen molar-refractivity contribution < 1.29 is 9.59 Å². The van der Waals surface area contributed by atoms with Crippen LogP contribution in [0.5, 0.6) is 0 Å². The zero-order valence-electron chi connectivity index (χ0n) is 19.0. The zero-order valence-corrected chi connectivity index (χ0v) is 19.0. The van der Waals surface area contributed by atoms with E-state index in [-0.39, 0.29) is 29.3 Å². The van der Waals surface area contributed by atoms with Gasteiger partial charge in [-0.05, 0) is 64.5 Å². The van der Waals surface area contributed by atoms with E-state index in [1.165, 1.54) is 12.8 Å². The number of amides is 2. The number of hydrogen-bond acceptors (Lipinski definition) is 5. The lowest BCUT2D eigenvalue weighted by Gasteiger charge is -2.37. The molecule has 0 aromatic carbocycles. The number of nitrogens with one attached hydrogen (secondary N) is 1. The Balaban J connectivity index is 1.34. The molecule has 174 valence electrons. The highest BCUT2D eigenvalue weighted by Crippen LogP contribution is 2.33. The summed E-state index contributed by atoms with van der Waals surface area (Å²) in [5.74, 6) is 1.11. The molecule has 3 fully saturated rings. The van der Waals surface area contributed by atoms with E-state index in [9.17, 15) is 14.4 Å². The molecule has 1 aromatic heterocycles. The van der Waals surface area contributed by atoms with Crippen molar-refractivity contribution in [2.24, 2.45) is 5.92 Å². The molecule has 1 aromatic rings. The molecule has 1 aliphatic carbocycles. The van der Waals surface area contributed by atoms with Gasteiger partial charge in [-0.2, -0.15) is 0 Å². The van der Waals surface area contributed by atoms with E-state index in [0.29, 0.717) is 44.0 Å². The predicted molar refractivity (Wildman–Crippen MR) is 120 cm³/mol. The maximum absolute atomic E-state index is 13.3. The number of fused-ring (bicyclic) bond motifs is 1. The summed E-state index contributed by atoms with van der Waals surface area (Å²) < 4.78 is 0. The first-order valence-electron chi connectivity index (χ1n) is 12.5. The molecular weight excluding hydrogens is 406 g/mol. The minimum absolute atomic E-state index is 0.103. The second-order valence-corrected chi connectivity index (χ2v) is 9.95. The Labute approximate surface area is 189 Å². The Bertz CT molecular complexity index is 917. The van der Waals surface area contributed by atoms with Crippen LogP contribution in [-0.4, -0.2) is 69.2 Å². The molecule has 1 saturated carbocycles. The van der Waals surface area contributed by atoms with Gasteiger partial charge in [0.25, 0.3) is 5.56 Å². The van der Waals surface area contributed by atoms with E-state index in [2.05, 4.69) is 9.88 Å². The summed E-state index contributed by atoms with van der Waals surface area (Å²) in [5, 5.41) is 0. The second-order valence-electron chi connectivity index (χ2n) is 9.95. The lowest BCUT2D eigenvalue weighted by molar-refractivity contribution is -0.136. The second kappa shape index (κ2) is 9.33. The fraction of sp³-hybridized carbons (Fsp3) is 0.750. The smallest absolute Gasteiger partial charge is 0.254 e. The van der Waals surface area contributed by atoms with Crippen LogP contribution in [0, 0.1) is 5.92 Å². The maximum Gasteiger partial charge on any atom is 0.254 e. The van der Waals surface area contributed by atoms with Crippen LogP contribution in [0.25, 0.3) is 0 Å². The average molecular weight is 442 g/mol. The minimum atomic E-state index is -0.185. The van der Waals surface area contributed by atoms with Crippen molar-refractivity contribution in [2.75, 3.05) is 32.7 Å². The molecule has 0 unspecified atom stereocenters. The largest absolute Gasteiger partial charge is 0.336 e. The Kier molecular flexibility index (Phi) is 6.31. The molecular formula is C24H35N5O3. The van der Waals surface area contributed by atoms with Gasteiger partial charge in [0, 0.05) is 24.6 Å². The molecule has 4 heterocycles. The molecule has 2 saturated heterocycles. The number of carbonyl (C=O) groups is 2. The van der Waals surface area contributed by atoms with Crippen LogP contribution in [0.15, 0.2) is 4.79 Å². The van der Waals surface area contributed by atoms with Gasteiger partial charge >= 0.3 is 0 Å². The summed E-state index contributed by atoms with van der Waals surface area (Å²) in [7, 11) is 0. The van der Waals surface area contributed by atoms with Crippen LogP contribution >= 0.6 is 0 Å². The average Bonchev–Trinajstić information content (AvgIpc) is 3.66. The molecule has 4 aliphatic rings. The van der Waals surface area contributed by atoms with E-state index in [1.807, 2.05) is 9.80 Å². The highest BCUT2D eigenvalue weighted by Gasteiger charge is 2.36. The highest BCUT2D eigenvalue weighted by atomic mass is 16.2. The van der Waals surface area contributed by atoms with Crippen LogP contribution in [-0.2, 0) is 22.6 Å². The third-order valence-electron chi connectivity index (χ3n) is 7.53. The Morgan fingerprint density at radius 3 is 2.44 bits per heavy atom. The number of aromatic amines is 1. The molecule has 0 bridgehead atoms. The Morgan fingerprint density at radius 2 is 1.69 bits per heavy atom. The first-order valence-corrected chi connectivity index (χ1v) is 12.5. The molecule has 3 aliphatic heterocycles. The van der Waals surface area contributed by atoms with E-state index >= 15 is 0 Å². The maximum atomic E-state index is 13.3. The van der Waals surface area contributed by atoms with E-state index in [1.54, 1.807) is 0 Å². The number of carbonyl (C=O) groups excluding carboxylic acids is 2. The molecule has 8 heteroatoms. The predicted octanol–water partition coefficient (Wildman–Crippen LogP) is 1.99. The highest BCUT2D eigenvalue weighted by molar-refractivity contribution is 5.81. The van der Waals surface area contributed by atoms with Gasteiger partial charge in [0.15, 0.2) is 0 Å². The normalized spacial score (nSPS) is 24.7. The van der Waals surface area contributed by atoms with Crippen molar-refractivity contribution in [3.63, 3.8) is 0 Å². The molecule has 1 atom stereocenters. The van der Waals surface area contributed by atoms with Crippen LogP contribution in [0.3, 0.4) is 0 Å². The summed E-state index contributed by atoms with van der Waals surface area (Å²) in [5.41, 5.74) is 1.32. The SMILES string of the molecule is O=C(C1CC1)N1CCc2c(nc([C@@H]3CCCCN3C(=O)CN3CCCCCC3)[nH]c2=O)C1. The standard InChI is InChI=1S/C24H35N5O3/c30-21(16-27-11-4-1-2-5-12-27)29-13-6-3-7-20(29)22-25-19-15-28(24(32)17-8-9-17)14-10-18(19)23(31)26-22/h17,20H,1-16H2,(H,25,26,31)/t20-/m0/s1. The minimum Gasteiger partial charge on any atom is -0.336 e. The quantitative estimate of drug-likeness (QED) is 0.772. The van der Waals surface area contributed by atoms with Gasteiger partial charge in [0.05, 0.1) is 24.8 Å². The van der Waals surface area contributed by atoms with Crippen molar-refractivity contribution in [2.45, 2.75) is 76.8 Å². The number of hydrogen-bond donors (Lipinski definition) is 1. The van der Waals surface area contributed by atoms with Gasteiger partial charge in [-0.15, -0.1) is 0 Å². The van der Waals surface area contributed by atoms with Crippen LogP contribution < -0.4 is 5.56 Å². The van der Waals surface area contributed by atoms with Gasteiger partial charge in [-0.1, -0.05) is 12.8 Å². The first kappa shape index (κ1) is 21.6. The van der Waals surface area contributed by atoms with Crippen LogP contribution in [0.2, 0.25) is 0 Å². The van der Waals surface area contributed by atoms with Crippen LogP contribution in [0.1, 0.15) is 80.9 Å². The molecule has 2 amide bonds. The first-order chi connectivity index (χ1) is 15.6. The van der Waals surface area contributed by atoms with Crippen molar-refractivity contribution in [1.82, 2.24) is 24.7 Å². The Hall–Kier alpha value is -2.22. The zero-order chi connectivity index (χ0) is 22.1. The fourth-order valence-electron chi connectivity index (χ4n) is 5.48. The molecule has 1 N–H and O–H groups in total. The van der Waals surface area contributed by atoms with Gasteiger partial charge in [0.1, 0.15) is 5.82 Å². The Morgan fingerprint density at radius 1 is 0.938 bits per heavy atom. The number of piperidine rings is 1. The lowest BCUT2D eigenvalue weighted by atomic mass is 10.00. The molecule has 8 nitrogen and oxygen atoms in total. The van der Waals surface area contributed by atoms with Gasteiger partial charge in [-0.3, -0.25) is 19.3 Å². The summed E-state index contributed by atoms with van der Waals surface area (Å²) >= 11 is 0. The summed E-state index contributed by atoms with van der Waals surface area (Å²) in [6.07, 6.45) is 10.1. The molecule has 0 spiro atoms. The molecule has 0 radical (unpaired) electrons. The monoisotopic (exact) mass is 441 g/mol. The third kappa shape index (κ3) is 4.60. The van der Waals surface area contributed by atoms with Gasteiger partial charge in [0.2, 0.25) is 11.8 Å². The van der Waals surface area contributed by atoms with Crippen molar-refractivity contribution in [3.05, 3.63) is 27.4 Å². The molecule has 5 rings (SSSR count).